The first kappa shape index (κ1) is 13.9. The fourth-order valence-corrected chi connectivity index (χ4v) is 3.88. The van der Waals surface area contributed by atoms with E-state index in [0.717, 1.165) is 62.0 Å². The first-order chi connectivity index (χ1) is 9.81. The minimum Gasteiger partial charge on any atom is -0.490 e. The van der Waals surface area contributed by atoms with Crippen molar-refractivity contribution in [2.45, 2.75) is 31.8 Å². The monoisotopic (exact) mass is 295 g/mol. The van der Waals surface area contributed by atoms with Crippen molar-refractivity contribution in [1.82, 2.24) is 5.32 Å². The zero-order valence-corrected chi connectivity index (χ0v) is 12.4. The molecule has 1 aromatic rings. The van der Waals surface area contributed by atoms with Crippen LogP contribution in [-0.4, -0.2) is 35.0 Å². The highest BCUT2D eigenvalue weighted by atomic mass is 32.2. The third-order valence-corrected chi connectivity index (χ3v) is 5.18. The lowest BCUT2D eigenvalue weighted by molar-refractivity contribution is 0.297. The zero-order valence-electron chi connectivity index (χ0n) is 11.6. The van der Waals surface area contributed by atoms with Gasteiger partial charge in [0.05, 0.1) is 13.2 Å². The molecule has 0 aromatic heterocycles. The first-order valence-electron chi connectivity index (χ1n) is 7.28. The maximum atomic E-state index is 11.3. The average Bonchev–Trinajstić information content (AvgIpc) is 2.71. The largest absolute Gasteiger partial charge is 0.490 e. The van der Waals surface area contributed by atoms with Gasteiger partial charge in [0.15, 0.2) is 11.5 Å². The molecule has 3 rings (SSSR count). The molecule has 1 fully saturated rings. The molecule has 2 heterocycles. The normalized spacial score (nSPS) is 26.0. The SMILES string of the molecule is O=S1CCC(NCc2ccc3c(c2)OCCCO3)CC1. The van der Waals surface area contributed by atoms with Gasteiger partial charge in [0.2, 0.25) is 0 Å². The van der Waals surface area contributed by atoms with Gasteiger partial charge in [0.25, 0.3) is 0 Å². The van der Waals surface area contributed by atoms with E-state index in [1.165, 1.54) is 5.56 Å². The molecule has 0 atom stereocenters. The predicted molar refractivity (Wildman–Crippen MR) is 79.8 cm³/mol. The van der Waals surface area contributed by atoms with Crippen molar-refractivity contribution < 1.29 is 13.7 Å². The Balaban J connectivity index is 1.57. The van der Waals surface area contributed by atoms with Crippen molar-refractivity contribution in [2.24, 2.45) is 0 Å². The standard InChI is InChI=1S/C15H21NO3S/c17-20-8-4-13(5-9-20)16-11-12-2-3-14-15(10-12)19-7-1-6-18-14/h2-3,10,13,16H,1,4-9,11H2. The van der Waals surface area contributed by atoms with E-state index in [1.54, 1.807) is 0 Å². The van der Waals surface area contributed by atoms with Crippen LogP contribution in [0.2, 0.25) is 0 Å². The van der Waals surface area contributed by atoms with Crippen LogP contribution in [0, 0.1) is 0 Å². The Morgan fingerprint density at radius 2 is 1.90 bits per heavy atom. The molecule has 0 bridgehead atoms. The van der Waals surface area contributed by atoms with Crippen LogP contribution in [0.5, 0.6) is 11.5 Å². The molecule has 0 amide bonds. The minimum atomic E-state index is -0.589. The topological polar surface area (TPSA) is 47.6 Å². The summed E-state index contributed by atoms with van der Waals surface area (Å²) < 4.78 is 22.7. The molecule has 0 radical (unpaired) electrons. The number of ether oxygens (including phenoxy) is 2. The summed E-state index contributed by atoms with van der Waals surface area (Å²) in [7, 11) is -0.589. The summed E-state index contributed by atoms with van der Waals surface area (Å²) in [6, 6.07) is 6.63. The Hall–Kier alpha value is -1.07. The summed E-state index contributed by atoms with van der Waals surface area (Å²) in [4.78, 5) is 0. The fraction of sp³-hybridized carbons (Fsp3) is 0.600. The minimum absolute atomic E-state index is 0.490. The van der Waals surface area contributed by atoms with Gasteiger partial charge in [-0.05, 0) is 30.5 Å². The molecule has 110 valence electrons. The van der Waals surface area contributed by atoms with Gasteiger partial charge >= 0.3 is 0 Å². The molecule has 20 heavy (non-hydrogen) atoms. The summed E-state index contributed by atoms with van der Waals surface area (Å²) in [5.41, 5.74) is 1.21. The van der Waals surface area contributed by atoms with Crippen LogP contribution < -0.4 is 14.8 Å². The second kappa shape index (κ2) is 6.59. The van der Waals surface area contributed by atoms with Gasteiger partial charge in [-0.3, -0.25) is 4.21 Å². The van der Waals surface area contributed by atoms with Crippen molar-refractivity contribution >= 4 is 10.8 Å². The quantitative estimate of drug-likeness (QED) is 0.924. The molecule has 0 saturated carbocycles. The van der Waals surface area contributed by atoms with Gasteiger partial charge in [-0.1, -0.05) is 6.07 Å². The Morgan fingerprint density at radius 1 is 1.15 bits per heavy atom. The molecule has 0 unspecified atom stereocenters. The smallest absolute Gasteiger partial charge is 0.161 e. The molecule has 2 aliphatic rings. The lowest BCUT2D eigenvalue weighted by atomic mass is 10.1. The molecule has 5 heteroatoms. The molecular weight excluding hydrogens is 274 g/mol. The van der Waals surface area contributed by atoms with E-state index in [4.69, 9.17) is 9.47 Å². The van der Waals surface area contributed by atoms with E-state index in [2.05, 4.69) is 17.4 Å². The molecule has 0 aliphatic carbocycles. The average molecular weight is 295 g/mol. The van der Waals surface area contributed by atoms with Crippen LogP contribution in [0.15, 0.2) is 18.2 Å². The van der Waals surface area contributed by atoms with Crippen LogP contribution in [0.3, 0.4) is 0 Å². The molecule has 4 nitrogen and oxygen atoms in total. The Bertz CT molecular complexity index is 482. The van der Waals surface area contributed by atoms with Gasteiger partial charge in [-0.2, -0.15) is 0 Å². The third kappa shape index (κ3) is 3.52. The summed E-state index contributed by atoms with van der Waals surface area (Å²) >= 11 is 0. The maximum absolute atomic E-state index is 11.3. The van der Waals surface area contributed by atoms with E-state index in [9.17, 15) is 4.21 Å². The third-order valence-electron chi connectivity index (χ3n) is 3.79. The van der Waals surface area contributed by atoms with Crippen LogP contribution >= 0.6 is 0 Å². The zero-order chi connectivity index (χ0) is 13.8. The van der Waals surface area contributed by atoms with Crippen LogP contribution in [0.1, 0.15) is 24.8 Å². The van der Waals surface area contributed by atoms with Crippen molar-refractivity contribution in [1.29, 1.82) is 0 Å². The second-order valence-corrected chi connectivity index (χ2v) is 7.03. The number of benzene rings is 1. The Labute approximate surface area is 122 Å². The van der Waals surface area contributed by atoms with Gasteiger partial charge in [-0.25, -0.2) is 0 Å². The molecule has 1 aromatic carbocycles. The maximum Gasteiger partial charge on any atom is 0.161 e. The predicted octanol–water partition coefficient (Wildman–Crippen LogP) is 1.85. The Kier molecular flexibility index (Phi) is 4.58. The molecule has 2 aliphatic heterocycles. The van der Waals surface area contributed by atoms with Crippen molar-refractivity contribution in [3.63, 3.8) is 0 Å². The highest BCUT2D eigenvalue weighted by Crippen LogP contribution is 2.30. The lowest BCUT2D eigenvalue weighted by Gasteiger charge is -2.22. The van der Waals surface area contributed by atoms with Gasteiger partial charge in [-0.15, -0.1) is 0 Å². The summed E-state index contributed by atoms with van der Waals surface area (Å²) in [5.74, 6) is 3.36. The van der Waals surface area contributed by atoms with Crippen LogP contribution in [-0.2, 0) is 17.3 Å². The number of hydrogen-bond acceptors (Lipinski definition) is 4. The van der Waals surface area contributed by atoms with Crippen molar-refractivity contribution in [2.75, 3.05) is 24.7 Å². The van der Waals surface area contributed by atoms with E-state index in [0.29, 0.717) is 6.04 Å². The van der Waals surface area contributed by atoms with E-state index in [1.807, 2.05) is 6.07 Å². The second-order valence-electron chi connectivity index (χ2n) is 5.33. The number of fused-ring (bicyclic) bond motifs is 1. The summed E-state index contributed by atoms with van der Waals surface area (Å²) in [6.07, 6.45) is 2.95. The summed E-state index contributed by atoms with van der Waals surface area (Å²) in [5, 5.41) is 3.55. The van der Waals surface area contributed by atoms with E-state index < -0.39 is 10.8 Å². The van der Waals surface area contributed by atoms with E-state index in [-0.39, 0.29) is 0 Å². The molecule has 1 N–H and O–H groups in total. The molecule has 1 saturated heterocycles. The highest BCUT2D eigenvalue weighted by molar-refractivity contribution is 7.85. The van der Waals surface area contributed by atoms with Gasteiger partial charge < -0.3 is 14.8 Å². The number of hydrogen-bond donors (Lipinski definition) is 1. The first-order valence-corrected chi connectivity index (χ1v) is 8.77. The van der Waals surface area contributed by atoms with Gasteiger partial charge in [0.1, 0.15) is 0 Å². The van der Waals surface area contributed by atoms with Crippen LogP contribution in [0.4, 0.5) is 0 Å². The number of nitrogens with one attached hydrogen (secondary N) is 1. The van der Waals surface area contributed by atoms with E-state index >= 15 is 0 Å². The fourth-order valence-electron chi connectivity index (χ4n) is 2.58. The van der Waals surface area contributed by atoms with Gasteiger partial charge in [0, 0.05) is 41.3 Å². The van der Waals surface area contributed by atoms with Crippen molar-refractivity contribution in [3.8, 4) is 11.5 Å². The molecule has 0 spiro atoms. The Morgan fingerprint density at radius 3 is 2.70 bits per heavy atom. The number of rotatable bonds is 3. The van der Waals surface area contributed by atoms with Crippen molar-refractivity contribution in [3.05, 3.63) is 23.8 Å². The molecular formula is C15H21NO3S. The summed E-state index contributed by atoms with van der Waals surface area (Å²) in [6.45, 7) is 2.27. The highest BCUT2D eigenvalue weighted by Gasteiger charge is 2.17. The van der Waals surface area contributed by atoms with Crippen LogP contribution in [0.25, 0.3) is 0 Å². The lowest BCUT2D eigenvalue weighted by Crippen LogP contribution is -2.35.